The number of aryl methyl sites for hydroxylation is 2. The second-order valence-electron chi connectivity index (χ2n) is 6.03. The molecule has 0 aliphatic heterocycles. The number of halogens is 1. The summed E-state index contributed by atoms with van der Waals surface area (Å²) in [5.41, 5.74) is 2.38. The molecule has 0 saturated carbocycles. The van der Waals surface area contributed by atoms with Crippen molar-refractivity contribution >= 4 is 52.0 Å². The smallest absolute Gasteiger partial charge is 0.191 e. The largest absolute Gasteiger partial charge is 0.356 e. The van der Waals surface area contributed by atoms with Gasteiger partial charge in [0, 0.05) is 31.4 Å². The zero-order chi connectivity index (χ0) is 17.6. The Morgan fingerprint density at radius 1 is 1.08 bits per heavy atom. The number of fused-ring (bicyclic) bond motifs is 1. The van der Waals surface area contributed by atoms with E-state index >= 15 is 0 Å². The number of hydrogen-bond acceptors (Lipinski definition) is 3. The van der Waals surface area contributed by atoms with Crippen LogP contribution in [0.25, 0.3) is 10.8 Å². The molecule has 3 rings (SSSR count). The van der Waals surface area contributed by atoms with Crippen molar-refractivity contribution in [1.29, 1.82) is 0 Å². The first-order chi connectivity index (χ1) is 12.2. The van der Waals surface area contributed by atoms with Crippen LogP contribution in [0.3, 0.4) is 0 Å². The van der Waals surface area contributed by atoms with E-state index in [1.165, 1.54) is 26.2 Å². The highest BCUT2D eigenvalue weighted by Gasteiger charge is 2.04. The van der Waals surface area contributed by atoms with Crippen molar-refractivity contribution in [2.75, 3.05) is 13.6 Å². The topological polar surface area (TPSA) is 49.3 Å². The van der Waals surface area contributed by atoms with Gasteiger partial charge in [0.25, 0.3) is 0 Å². The molecule has 138 valence electrons. The molecule has 4 nitrogen and oxygen atoms in total. The second kappa shape index (κ2) is 9.87. The van der Waals surface area contributed by atoms with E-state index < -0.39 is 0 Å². The maximum absolute atomic E-state index is 4.57. The molecule has 1 aromatic heterocycles. The van der Waals surface area contributed by atoms with E-state index in [-0.39, 0.29) is 24.0 Å². The Morgan fingerprint density at radius 2 is 1.85 bits per heavy atom. The lowest BCUT2D eigenvalue weighted by molar-refractivity contribution is 0.791. The lowest BCUT2D eigenvalue weighted by atomic mass is 10.1. The van der Waals surface area contributed by atoms with E-state index in [9.17, 15) is 0 Å². The number of thiazole rings is 1. The number of guanidine groups is 1. The van der Waals surface area contributed by atoms with E-state index in [2.05, 4.69) is 76.9 Å². The lowest BCUT2D eigenvalue weighted by Gasteiger charge is -2.12. The molecular weight excluding hydrogens is 455 g/mol. The van der Waals surface area contributed by atoms with Gasteiger partial charge in [0.15, 0.2) is 5.96 Å². The molecule has 0 amide bonds. The van der Waals surface area contributed by atoms with Crippen LogP contribution in [0.15, 0.2) is 47.5 Å². The van der Waals surface area contributed by atoms with Crippen LogP contribution in [0.1, 0.15) is 21.1 Å². The first kappa shape index (κ1) is 20.6. The Balaban J connectivity index is 0.00000243. The average molecular weight is 480 g/mol. The van der Waals surface area contributed by atoms with Crippen molar-refractivity contribution in [1.82, 2.24) is 15.6 Å². The van der Waals surface area contributed by atoms with Crippen LogP contribution < -0.4 is 10.6 Å². The number of aromatic nitrogens is 1. The summed E-state index contributed by atoms with van der Waals surface area (Å²) < 4.78 is 0. The Bertz CT molecular complexity index is 869. The van der Waals surface area contributed by atoms with Gasteiger partial charge in [-0.2, -0.15) is 0 Å². The molecule has 0 unspecified atom stereocenters. The fourth-order valence-electron chi connectivity index (χ4n) is 2.69. The van der Waals surface area contributed by atoms with Gasteiger partial charge in [-0.25, -0.2) is 4.98 Å². The van der Waals surface area contributed by atoms with E-state index in [1.807, 2.05) is 0 Å². The van der Waals surface area contributed by atoms with E-state index in [0.717, 1.165) is 31.2 Å². The van der Waals surface area contributed by atoms with Crippen molar-refractivity contribution in [3.8, 4) is 0 Å². The standard InChI is InChI=1S/C20H24N4S.HI/c1-14-15(2)25-19(24-14)10-11-22-20(21-3)23-13-16-8-9-17-6-4-5-7-18(17)12-16;/h4-9,12H,10-11,13H2,1-3H3,(H2,21,22,23);1H. The highest BCUT2D eigenvalue weighted by atomic mass is 127. The van der Waals surface area contributed by atoms with Crippen LogP contribution in [0, 0.1) is 13.8 Å². The second-order valence-corrected chi connectivity index (χ2v) is 7.32. The predicted molar refractivity (Wildman–Crippen MR) is 123 cm³/mol. The summed E-state index contributed by atoms with van der Waals surface area (Å²) in [4.78, 5) is 10.2. The summed E-state index contributed by atoms with van der Waals surface area (Å²) in [5, 5.41) is 10.4. The molecule has 0 saturated heterocycles. The fourth-order valence-corrected chi connectivity index (χ4v) is 3.62. The molecule has 3 aromatic rings. The van der Waals surface area contributed by atoms with Crippen LogP contribution in [-0.2, 0) is 13.0 Å². The Labute approximate surface area is 176 Å². The van der Waals surface area contributed by atoms with Crippen LogP contribution in [-0.4, -0.2) is 24.5 Å². The van der Waals surface area contributed by atoms with Crippen molar-refractivity contribution in [2.24, 2.45) is 4.99 Å². The minimum absolute atomic E-state index is 0. The molecule has 26 heavy (non-hydrogen) atoms. The zero-order valence-corrected chi connectivity index (χ0v) is 18.5. The first-order valence-corrected chi connectivity index (χ1v) is 9.32. The maximum atomic E-state index is 4.57. The Morgan fingerprint density at radius 3 is 2.54 bits per heavy atom. The lowest BCUT2D eigenvalue weighted by Crippen LogP contribution is -2.37. The number of rotatable bonds is 5. The van der Waals surface area contributed by atoms with E-state index in [0.29, 0.717) is 0 Å². The SMILES string of the molecule is CN=C(NCCc1nc(C)c(C)s1)NCc1ccc2ccccc2c1.I. The summed E-state index contributed by atoms with van der Waals surface area (Å²) in [5.74, 6) is 0.818. The number of nitrogens with zero attached hydrogens (tertiary/aromatic N) is 2. The van der Waals surface area contributed by atoms with Gasteiger partial charge >= 0.3 is 0 Å². The third kappa shape index (κ3) is 5.41. The fraction of sp³-hybridized carbons (Fsp3) is 0.300. The highest BCUT2D eigenvalue weighted by molar-refractivity contribution is 14.0. The van der Waals surface area contributed by atoms with Gasteiger partial charge in [0.1, 0.15) is 0 Å². The highest BCUT2D eigenvalue weighted by Crippen LogP contribution is 2.17. The summed E-state index contributed by atoms with van der Waals surface area (Å²) in [6.45, 7) is 5.75. The molecule has 0 radical (unpaired) electrons. The molecule has 0 aliphatic carbocycles. The monoisotopic (exact) mass is 480 g/mol. The minimum Gasteiger partial charge on any atom is -0.356 e. The van der Waals surface area contributed by atoms with Crippen LogP contribution in [0.2, 0.25) is 0 Å². The van der Waals surface area contributed by atoms with Crippen molar-refractivity contribution in [3.05, 3.63) is 63.6 Å². The number of hydrogen-bond donors (Lipinski definition) is 2. The van der Waals surface area contributed by atoms with Gasteiger partial charge in [0.2, 0.25) is 0 Å². The molecule has 6 heteroatoms. The maximum Gasteiger partial charge on any atom is 0.191 e. The zero-order valence-electron chi connectivity index (χ0n) is 15.4. The summed E-state index contributed by atoms with van der Waals surface area (Å²) in [6, 6.07) is 15.0. The van der Waals surface area contributed by atoms with Gasteiger partial charge in [-0.15, -0.1) is 35.3 Å². The number of nitrogens with one attached hydrogen (secondary N) is 2. The van der Waals surface area contributed by atoms with Gasteiger partial charge in [-0.05, 0) is 36.2 Å². The molecule has 2 aromatic carbocycles. The minimum atomic E-state index is 0. The summed E-state index contributed by atoms with van der Waals surface area (Å²) in [7, 11) is 1.80. The number of aliphatic imine (C=N–C) groups is 1. The Hall–Kier alpha value is -1.67. The first-order valence-electron chi connectivity index (χ1n) is 8.51. The third-order valence-corrected chi connectivity index (χ3v) is 5.33. The van der Waals surface area contributed by atoms with Crippen LogP contribution in [0.5, 0.6) is 0 Å². The molecule has 0 atom stereocenters. The molecule has 0 fully saturated rings. The quantitative estimate of drug-likeness (QED) is 0.323. The van der Waals surface area contributed by atoms with E-state index in [4.69, 9.17) is 0 Å². The van der Waals surface area contributed by atoms with Crippen molar-refractivity contribution in [2.45, 2.75) is 26.8 Å². The normalized spacial score (nSPS) is 11.3. The van der Waals surface area contributed by atoms with Crippen molar-refractivity contribution in [3.63, 3.8) is 0 Å². The molecule has 0 aliphatic rings. The molecule has 1 heterocycles. The molecule has 0 bridgehead atoms. The summed E-state index contributed by atoms with van der Waals surface area (Å²) in [6.07, 6.45) is 0.913. The van der Waals surface area contributed by atoms with Crippen LogP contribution in [0.4, 0.5) is 0 Å². The molecule has 2 N–H and O–H groups in total. The van der Waals surface area contributed by atoms with Gasteiger partial charge in [-0.3, -0.25) is 4.99 Å². The average Bonchev–Trinajstić information content (AvgIpc) is 2.95. The van der Waals surface area contributed by atoms with Crippen LogP contribution >= 0.6 is 35.3 Å². The van der Waals surface area contributed by atoms with Crippen molar-refractivity contribution < 1.29 is 0 Å². The van der Waals surface area contributed by atoms with Gasteiger partial charge in [0.05, 0.1) is 10.7 Å². The molecule has 0 spiro atoms. The van der Waals surface area contributed by atoms with Gasteiger partial charge in [-0.1, -0.05) is 36.4 Å². The third-order valence-electron chi connectivity index (χ3n) is 4.20. The van der Waals surface area contributed by atoms with E-state index in [1.54, 1.807) is 18.4 Å². The van der Waals surface area contributed by atoms with Gasteiger partial charge < -0.3 is 10.6 Å². The number of benzene rings is 2. The molecular formula is C20H25IN4S. The summed E-state index contributed by atoms with van der Waals surface area (Å²) >= 11 is 1.77. The predicted octanol–water partition coefficient (Wildman–Crippen LogP) is 4.44. The Kier molecular flexibility index (Phi) is 7.84.